The van der Waals surface area contributed by atoms with E-state index in [1.807, 2.05) is 12.3 Å². The highest BCUT2D eigenvalue weighted by atomic mass is 16.2. The lowest BCUT2D eigenvalue weighted by Crippen LogP contribution is -2.55. The highest BCUT2D eigenvalue weighted by molar-refractivity contribution is 6.07. The Morgan fingerprint density at radius 1 is 1.33 bits per heavy atom. The molecule has 2 fully saturated rings. The monoisotopic (exact) mass is 291 g/mol. The molecule has 112 valence electrons. The first-order valence-corrected chi connectivity index (χ1v) is 6.98. The third-order valence-electron chi connectivity index (χ3n) is 4.10. The predicted octanol–water partition coefficient (Wildman–Crippen LogP) is -0.526. The predicted molar refractivity (Wildman–Crippen MR) is 72.1 cm³/mol. The summed E-state index contributed by atoms with van der Waals surface area (Å²) in [7, 11) is 0. The fourth-order valence-corrected chi connectivity index (χ4v) is 2.82. The van der Waals surface area contributed by atoms with Gasteiger partial charge in [0.25, 0.3) is 5.91 Å². The van der Waals surface area contributed by atoms with Gasteiger partial charge in [0.2, 0.25) is 5.91 Å². The van der Waals surface area contributed by atoms with Crippen LogP contribution in [-0.4, -0.2) is 51.2 Å². The summed E-state index contributed by atoms with van der Waals surface area (Å²) < 4.78 is 1.72. The molecule has 0 radical (unpaired) electrons. The van der Waals surface area contributed by atoms with E-state index in [0.29, 0.717) is 38.9 Å². The van der Waals surface area contributed by atoms with Crippen LogP contribution in [0.15, 0.2) is 18.5 Å². The standard InChI is InChI=1S/C13H17N5O3/c19-10(2-7-18-6-1-5-14-18)17-8-3-13(4-9-17)11(20)15-12(21)16-13/h1,5-6H,2-4,7-9H2,(H2,15,16,20,21). The molecule has 2 aliphatic rings. The molecule has 3 rings (SSSR count). The lowest BCUT2D eigenvalue weighted by Gasteiger charge is -2.37. The summed E-state index contributed by atoms with van der Waals surface area (Å²) in [6.07, 6.45) is 4.79. The molecule has 0 unspecified atom stereocenters. The fourth-order valence-electron chi connectivity index (χ4n) is 2.82. The topological polar surface area (TPSA) is 96.3 Å². The Bertz CT molecular complexity index is 560. The molecule has 0 bridgehead atoms. The van der Waals surface area contributed by atoms with Crippen LogP contribution in [0.2, 0.25) is 0 Å². The minimum Gasteiger partial charge on any atom is -0.342 e. The number of aromatic nitrogens is 2. The largest absolute Gasteiger partial charge is 0.342 e. The van der Waals surface area contributed by atoms with E-state index >= 15 is 0 Å². The summed E-state index contributed by atoms with van der Waals surface area (Å²) >= 11 is 0. The van der Waals surface area contributed by atoms with E-state index in [2.05, 4.69) is 15.7 Å². The molecule has 21 heavy (non-hydrogen) atoms. The van der Waals surface area contributed by atoms with Crippen LogP contribution in [0.4, 0.5) is 4.79 Å². The molecule has 0 aromatic carbocycles. The number of urea groups is 1. The van der Waals surface area contributed by atoms with Gasteiger partial charge in [-0.3, -0.25) is 19.6 Å². The van der Waals surface area contributed by atoms with E-state index in [1.54, 1.807) is 15.8 Å². The van der Waals surface area contributed by atoms with Crippen LogP contribution in [0.3, 0.4) is 0 Å². The van der Waals surface area contributed by atoms with Gasteiger partial charge in [0.05, 0.1) is 0 Å². The van der Waals surface area contributed by atoms with Crippen molar-refractivity contribution in [3.05, 3.63) is 18.5 Å². The first kappa shape index (κ1) is 13.6. The number of nitrogens with zero attached hydrogens (tertiary/aromatic N) is 3. The molecule has 1 aromatic rings. The number of likely N-dealkylation sites (tertiary alicyclic amines) is 1. The summed E-state index contributed by atoms with van der Waals surface area (Å²) in [6, 6.07) is 1.37. The maximum Gasteiger partial charge on any atom is 0.322 e. The number of hydrogen-bond donors (Lipinski definition) is 2. The van der Waals surface area contributed by atoms with Crippen molar-refractivity contribution in [3.8, 4) is 0 Å². The maximum atomic E-state index is 12.1. The molecule has 1 spiro atoms. The van der Waals surface area contributed by atoms with Gasteiger partial charge < -0.3 is 10.2 Å². The second kappa shape index (κ2) is 5.19. The van der Waals surface area contributed by atoms with Crippen LogP contribution in [0.25, 0.3) is 0 Å². The zero-order valence-electron chi connectivity index (χ0n) is 11.5. The number of carbonyl (C=O) groups is 3. The third-order valence-corrected chi connectivity index (χ3v) is 4.10. The molecule has 1 aromatic heterocycles. The van der Waals surface area contributed by atoms with E-state index in [1.165, 1.54) is 0 Å². The maximum absolute atomic E-state index is 12.1. The van der Waals surface area contributed by atoms with Crippen molar-refractivity contribution in [3.63, 3.8) is 0 Å². The molecule has 0 saturated carbocycles. The zero-order chi connectivity index (χ0) is 14.9. The van der Waals surface area contributed by atoms with Crippen molar-refractivity contribution in [2.45, 2.75) is 31.3 Å². The van der Waals surface area contributed by atoms with Crippen molar-refractivity contribution >= 4 is 17.8 Å². The van der Waals surface area contributed by atoms with E-state index in [-0.39, 0.29) is 11.8 Å². The van der Waals surface area contributed by atoms with E-state index < -0.39 is 11.6 Å². The highest BCUT2D eigenvalue weighted by Crippen LogP contribution is 2.25. The van der Waals surface area contributed by atoms with Gasteiger partial charge in [-0.05, 0) is 18.9 Å². The molecule has 0 aliphatic carbocycles. The molecule has 3 heterocycles. The minimum absolute atomic E-state index is 0.0464. The summed E-state index contributed by atoms with van der Waals surface area (Å²) in [6.45, 7) is 1.50. The Balaban J connectivity index is 1.52. The third kappa shape index (κ3) is 2.61. The summed E-state index contributed by atoms with van der Waals surface area (Å²) in [5, 5.41) is 9.00. The van der Waals surface area contributed by atoms with Crippen LogP contribution in [0.5, 0.6) is 0 Å². The number of nitrogens with one attached hydrogen (secondary N) is 2. The Hall–Kier alpha value is -2.38. The molecule has 2 aliphatic heterocycles. The van der Waals surface area contributed by atoms with Gasteiger partial charge in [-0.25, -0.2) is 4.79 Å². The zero-order valence-corrected chi connectivity index (χ0v) is 11.5. The van der Waals surface area contributed by atoms with Crippen molar-refractivity contribution in [2.75, 3.05) is 13.1 Å². The smallest absolute Gasteiger partial charge is 0.322 e. The molecule has 2 saturated heterocycles. The average molecular weight is 291 g/mol. The lowest BCUT2D eigenvalue weighted by atomic mass is 9.87. The molecule has 0 atom stereocenters. The number of hydrogen-bond acceptors (Lipinski definition) is 4. The SMILES string of the molecule is O=C1NC(=O)C2(CCN(C(=O)CCn3cccn3)CC2)N1. The highest BCUT2D eigenvalue weighted by Gasteiger charge is 2.48. The second-order valence-electron chi connectivity index (χ2n) is 5.39. The van der Waals surface area contributed by atoms with Gasteiger partial charge in [0.1, 0.15) is 5.54 Å². The molecule has 8 heteroatoms. The minimum atomic E-state index is -0.824. The Morgan fingerprint density at radius 2 is 2.10 bits per heavy atom. The van der Waals surface area contributed by atoms with Gasteiger partial charge >= 0.3 is 6.03 Å². The van der Waals surface area contributed by atoms with Gasteiger partial charge in [-0.2, -0.15) is 5.10 Å². The van der Waals surface area contributed by atoms with E-state index in [4.69, 9.17) is 0 Å². The molecular weight excluding hydrogens is 274 g/mol. The summed E-state index contributed by atoms with van der Waals surface area (Å²) in [5.74, 6) is -0.235. The van der Waals surface area contributed by atoms with Crippen LogP contribution in [0.1, 0.15) is 19.3 Å². The first-order chi connectivity index (χ1) is 10.1. The van der Waals surface area contributed by atoms with Crippen LogP contribution < -0.4 is 10.6 Å². The van der Waals surface area contributed by atoms with Crippen molar-refractivity contribution < 1.29 is 14.4 Å². The molecule has 4 amide bonds. The lowest BCUT2D eigenvalue weighted by molar-refractivity contribution is -0.136. The number of imide groups is 1. The summed E-state index contributed by atoms with van der Waals surface area (Å²) in [4.78, 5) is 36.9. The van der Waals surface area contributed by atoms with Crippen LogP contribution in [0, 0.1) is 0 Å². The van der Waals surface area contributed by atoms with Crippen LogP contribution in [-0.2, 0) is 16.1 Å². The normalized spacial score (nSPS) is 20.5. The number of aryl methyl sites for hydroxylation is 1. The van der Waals surface area contributed by atoms with E-state index in [0.717, 1.165) is 0 Å². The Kier molecular flexibility index (Phi) is 3.36. The molecule has 2 N–H and O–H groups in total. The second-order valence-corrected chi connectivity index (χ2v) is 5.39. The quantitative estimate of drug-likeness (QED) is 0.732. The van der Waals surface area contributed by atoms with Gasteiger partial charge in [-0.15, -0.1) is 0 Å². The first-order valence-electron chi connectivity index (χ1n) is 6.98. The van der Waals surface area contributed by atoms with E-state index in [9.17, 15) is 14.4 Å². The number of carbonyl (C=O) groups excluding carboxylic acids is 3. The average Bonchev–Trinajstić information content (AvgIpc) is 3.06. The molecule has 8 nitrogen and oxygen atoms in total. The fraction of sp³-hybridized carbons (Fsp3) is 0.538. The van der Waals surface area contributed by atoms with Crippen molar-refractivity contribution in [1.82, 2.24) is 25.3 Å². The summed E-state index contributed by atoms with van der Waals surface area (Å²) in [5.41, 5.74) is -0.824. The van der Waals surface area contributed by atoms with Gasteiger partial charge in [-0.1, -0.05) is 0 Å². The number of rotatable bonds is 3. The van der Waals surface area contributed by atoms with Crippen molar-refractivity contribution in [2.24, 2.45) is 0 Å². The van der Waals surface area contributed by atoms with Gasteiger partial charge in [0.15, 0.2) is 0 Å². The Morgan fingerprint density at radius 3 is 2.67 bits per heavy atom. The number of amides is 4. The van der Waals surface area contributed by atoms with Crippen LogP contribution >= 0.6 is 0 Å². The van der Waals surface area contributed by atoms with Gasteiger partial charge in [0, 0.05) is 38.4 Å². The number of piperidine rings is 1. The van der Waals surface area contributed by atoms with Crippen molar-refractivity contribution in [1.29, 1.82) is 0 Å². The Labute approximate surface area is 121 Å². The molecular formula is C13H17N5O3.